The molecule has 0 amide bonds. The molecule has 0 fully saturated rings. The van der Waals surface area contributed by atoms with E-state index in [2.05, 4.69) is 32.6 Å². The largest absolute Gasteiger partial charge is 0.330 e. The van der Waals surface area contributed by atoms with E-state index in [1.165, 1.54) is 51.7 Å². The second-order valence-electron chi connectivity index (χ2n) is 5.35. The molecule has 0 saturated heterocycles. The molecule has 0 rings (SSSR count). The third-order valence-corrected chi connectivity index (χ3v) is 3.61. The van der Waals surface area contributed by atoms with Gasteiger partial charge in [-0.1, -0.05) is 40.5 Å². The van der Waals surface area contributed by atoms with Gasteiger partial charge in [0.25, 0.3) is 0 Å². The monoisotopic (exact) mass is 228 g/mol. The van der Waals surface area contributed by atoms with Crippen molar-refractivity contribution < 1.29 is 0 Å². The van der Waals surface area contributed by atoms with E-state index in [1.807, 2.05) is 0 Å². The minimum absolute atomic E-state index is 0.307. The molecule has 2 N–H and O–H groups in total. The summed E-state index contributed by atoms with van der Waals surface area (Å²) in [6.07, 6.45) is 6.38. The lowest BCUT2D eigenvalue weighted by Crippen LogP contribution is -2.41. The summed E-state index contributed by atoms with van der Waals surface area (Å²) in [6.45, 7) is 13.6. The van der Waals surface area contributed by atoms with E-state index >= 15 is 0 Å². The Balaban J connectivity index is 4.15. The fourth-order valence-corrected chi connectivity index (χ4v) is 1.89. The Morgan fingerprint density at radius 2 is 1.50 bits per heavy atom. The molecule has 0 aliphatic carbocycles. The van der Waals surface area contributed by atoms with Crippen LogP contribution in [0, 0.1) is 5.41 Å². The molecule has 0 bridgehead atoms. The number of unbranched alkanes of at least 4 members (excludes halogenated alkanes) is 2. The predicted octanol–water partition coefficient (Wildman–Crippen LogP) is 3.26. The van der Waals surface area contributed by atoms with Crippen LogP contribution >= 0.6 is 0 Å². The summed E-state index contributed by atoms with van der Waals surface area (Å²) in [5.41, 5.74) is 6.20. The molecular formula is C14H32N2. The molecule has 0 aromatic rings. The van der Waals surface area contributed by atoms with Crippen molar-refractivity contribution in [1.82, 2.24) is 4.90 Å². The lowest BCUT2D eigenvalue weighted by Gasteiger charge is -2.34. The first-order valence-electron chi connectivity index (χ1n) is 7.04. The third-order valence-electron chi connectivity index (χ3n) is 3.61. The van der Waals surface area contributed by atoms with Gasteiger partial charge in [-0.2, -0.15) is 0 Å². The average Bonchev–Trinajstić information content (AvgIpc) is 2.32. The van der Waals surface area contributed by atoms with Crippen molar-refractivity contribution in [3.05, 3.63) is 0 Å². The number of nitrogens with zero attached hydrogens (tertiary/aromatic N) is 1. The van der Waals surface area contributed by atoms with Crippen LogP contribution in [-0.2, 0) is 0 Å². The Kier molecular flexibility index (Phi) is 8.96. The van der Waals surface area contributed by atoms with Crippen molar-refractivity contribution in [2.75, 3.05) is 26.2 Å². The van der Waals surface area contributed by atoms with Crippen LogP contribution in [-0.4, -0.2) is 31.1 Å². The van der Waals surface area contributed by atoms with E-state index in [0.717, 1.165) is 6.54 Å². The SMILES string of the molecule is CCCCN(CCCC)CC(C)(CC)CN. The molecule has 1 unspecified atom stereocenters. The predicted molar refractivity (Wildman–Crippen MR) is 73.7 cm³/mol. The van der Waals surface area contributed by atoms with Crippen LogP contribution in [0.2, 0.25) is 0 Å². The van der Waals surface area contributed by atoms with Crippen molar-refractivity contribution in [2.24, 2.45) is 11.1 Å². The molecule has 0 aromatic heterocycles. The highest BCUT2D eigenvalue weighted by Gasteiger charge is 2.23. The number of rotatable bonds is 10. The Labute approximate surface area is 103 Å². The summed E-state index contributed by atoms with van der Waals surface area (Å²) >= 11 is 0. The number of nitrogens with two attached hydrogens (primary N) is 1. The fraction of sp³-hybridized carbons (Fsp3) is 1.00. The maximum Gasteiger partial charge on any atom is 0.00473 e. The highest BCUT2D eigenvalue weighted by Crippen LogP contribution is 2.21. The van der Waals surface area contributed by atoms with E-state index in [1.54, 1.807) is 0 Å². The van der Waals surface area contributed by atoms with Gasteiger partial charge in [0.1, 0.15) is 0 Å². The second kappa shape index (κ2) is 9.00. The van der Waals surface area contributed by atoms with Gasteiger partial charge in [0.05, 0.1) is 0 Å². The van der Waals surface area contributed by atoms with Gasteiger partial charge in [0.15, 0.2) is 0 Å². The van der Waals surface area contributed by atoms with Crippen molar-refractivity contribution in [3.8, 4) is 0 Å². The zero-order valence-corrected chi connectivity index (χ0v) is 11.9. The van der Waals surface area contributed by atoms with Crippen LogP contribution in [0.25, 0.3) is 0 Å². The molecule has 1 atom stereocenters. The molecule has 0 aliphatic heterocycles. The first-order chi connectivity index (χ1) is 7.61. The molecule has 98 valence electrons. The molecule has 0 saturated carbocycles. The maximum absolute atomic E-state index is 5.90. The highest BCUT2D eigenvalue weighted by molar-refractivity contribution is 4.78. The van der Waals surface area contributed by atoms with Gasteiger partial charge >= 0.3 is 0 Å². The fourth-order valence-electron chi connectivity index (χ4n) is 1.89. The Hall–Kier alpha value is -0.0800. The smallest absolute Gasteiger partial charge is 0.00473 e. The van der Waals surface area contributed by atoms with Crippen molar-refractivity contribution in [2.45, 2.75) is 59.8 Å². The van der Waals surface area contributed by atoms with Gasteiger partial charge in [0, 0.05) is 6.54 Å². The van der Waals surface area contributed by atoms with Crippen molar-refractivity contribution in [3.63, 3.8) is 0 Å². The summed E-state index contributed by atoms with van der Waals surface area (Å²) in [5, 5.41) is 0. The zero-order chi connectivity index (χ0) is 12.4. The summed E-state index contributed by atoms with van der Waals surface area (Å²) < 4.78 is 0. The topological polar surface area (TPSA) is 29.3 Å². The van der Waals surface area contributed by atoms with Gasteiger partial charge in [-0.25, -0.2) is 0 Å². The molecule has 0 radical (unpaired) electrons. The van der Waals surface area contributed by atoms with E-state index < -0.39 is 0 Å². The second-order valence-corrected chi connectivity index (χ2v) is 5.35. The van der Waals surface area contributed by atoms with Gasteiger partial charge < -0.3 is 10.6 Å². The zero-order valence-electron chi connectivity index (χ0n) is 11.9. The van der Waals surface area contributed by atoms with Crippen LogP contribution in [0.4, 0.5) is 0 Å². The Bertz CT molecular complexity index is 145. The number of hydrogen-bond acceptors (Lipinski definition) is 2. The van der Waals surface area contributed by atoms with Gasteiger partial charge in [-0.15, -0.1) is 0 Å². The highest BCUT2D eigenvalue weighted by atomic mass is 15.1. The van der Waals surface area contributed by atoms with E-state index in [9.17, 15) is 0 Å². The molecule has 0 heterocycles. The molecule has 0 spiro atoms. The van der Waals surface area contributed by atoms with E-state index in [4.69, 9.17) is 5.73 Å². The molecule has 0 aliphatic rings. The number of hydrogen-bond donors (Lipinski definition) is 1. The minimum Gasteiger partial charge on any atom is -0.330 e. The summed E-state index contributed by atoms with van der Waals surface area (Å²) in [4.78, 5) is 2.61. The Morgan fingerprint density at radius 1 is 1.00 bits per heavy atom. The molecular weight excluding hydrogens is 196 g/mol. The van der Waals surface area contributed by atoms with E-state index in [-0.39, 0.29) is 0 Å². The molecule has 2 nitrogen and oxygen atoms in total. The first-order valence-corrected chi connectivity index (χ1v) is 7.04. The lowest BCUT2D eigenvalue weighted by atomic mass is 9.87. The summed E-state index contributed by atoms with van der Waals surface area (Å²) in [7, 11) is 0. The van der Waals surface area contributed by atoms with Crippen LogP contribution in [0.1, 0.15) is 59.8 Å². The van der Waals surface area contributed by atoms with Crippen LogP contribution < -0.4 is 5.73 Å². The van der Waals surface area contributed by atoms with Gasteiger partial charge in [0.2, 0.25) is 0 Å². The van der Waals surface area contributed by atoms with Crippen LogP contribution in [0.3, 0.4) is 0 Å². The Morgan fingerprint density at radius 3 is 1.81 bits per heavy atom. The van der Waals surface area contributed by atoms with Crippen molar-refractivity contribution >= 4 is 0 Å². The summed E-state index contributed by atoms with van der Waals surface area (Å²) in [6, 6.07) is 0. The van der Waals surface area contributed by atoms with Crippen molar-refractivity contribution in [1.29, 1.82) is 0 Å². The van der Waals surface area contributed by atoms with Gasteiger partial charge in [-0.3, -0.25) is 0 Å². The normalized spacial score (nSPS) is 15.4. The molecule has 2 heteroatoms. The first kappa shape index (κ1) is 15.9. The summed E-state index contributed by atoms with van der Waals surface area (Å²) in [5.74, 6) is 0. The lowest BCUT2D eigenvalue weighted by molar-refractivity contribution is 0.160. The van der Waals surface area contributed by atoms with E-state index in [0.29, 0.717) is 5.41 Å². The van der Waals surface area contributed by atoms with Crippen LogP contribution in [0.5, 0.6) is 0 Å². The van der Waals surface area contributed by atoms with Gasteiger partial charge in [-0.05, 0) is 44.3 Å². The average molecular weight is 228 g/mol. The minimum atomic E-state index is 0.307. The standard InChI is InChI=1S/C14H32N2/c1-5-8-10-16(11-9-6-2)13-14(4,7-3)12-15/h5-13,15H2,1-4H3. The molecule has 16 heavy (non-hydrogen) atoms. The van der Waals surface area contributed by atoms with Crippen LogP contribution in [0.15, 0.2) is 0 Å². The maximum atomic E-state index is 5.90. The quantitative estimate of drug-likeness (QED) is 0.622. The molecule has 0 aromatic carbocycles. The third kappa shape index (κ3) is 6.49.